The lowest BCUT2D eigenvalue weighted by Gasteiger charge is -2.21. The van der Waals surface area contributed by atoms with Crippen molar-refractivity contribution in [1.82, 2.24) is 19.1 Å². The van der Waals surface area contributed by atoms with Gasteiger partial charge in [0.1, 0.15) is 6.07 Å². The van der Waals surface area contributed by atoms with Crippen molar-refractivity contribution < 1.29 is 13.2 Å². The minimum Gasteiger partial charge on any atom is -0.309 e. The summed E-state index contributed by atoms with van der Waals surface area (Å²) in [5, 5.41) is 14.9. The molecule has 12 aromatic rings. The van der Waals surface area contributed by atoms with Crippen molar-refractivity contribution in [2.75, 3.05) is 0 Å². The van der Waals surface area contributed by atoms with Gasteiger partial charge in [0.15, 0.2) is 0 Å². The number of hydrogen-bond donors (Lipinski definition) is 0. The van der Waals surface area contributed by atoms with Crippen molar-refractivity contribution in [3.63, 3.8) is 0 Å². The van der Waals surface area contributed by atoms with Gasteiger partial charge in [0.2, 0.25) is 0 Å². The Hall–Kier alpha value is -9.06. The molecule has 0 aliphatic heterocycles. The quantitative estimate of drug-likeness (QED) is 0.160. The zero-order chi connectivity index (χ0) is 45.9. The number of benzene rings is 8. The molecule has 0 saturated carbocycles. The predicted octanol–water partition coefficient (Wildman–Crippen LogP) is 15.9. The zero-order valence-corrected chi connectivity index (χ0v) is 36.2. The fraction of sp³-hybridized carbons (Fsp3) is 0.0167. The minimum atomic E-state index is -4.67. The lowest BCUT2D eigenvalue weighted by atomic mass is 9.95. The second kappa shape index (κ2) is 16.1. The number of alkyl halides is 3. The molecule has 0 aliphatic carbocycles. The molecule has 0 atom stereocenters. The van der Waals surface area contributed by atoms with E-state index in [0.29, 0.717) is 22.5 Å². The van der Waals surface area contributed by atoms with Gasteiger partial charge >= 0.3 is 6.18 Å². The number of para-hydroxylation sites is 2. The summed E-state index contributed by atoms with van der Waals surface area (Å²) in [5.41, 5.74) is 11.4. The van der Waals surface area contributed by atoms with E-state index in [1.54, 1.807) is 30.6 Å². The number of rotatable bonds is 7. The van der Waals surface area contributed by atoms with E-state index in [2.05, 4.69) is 30.3 Å². The Morgan fingerprint density at radius 1 is 0.382 bits per heavy atom. The highest BCUT2D eigenvalue weighted by molar-refractivity contribution is 6.13. The summed E-state index contributed by atoms with van der Waals surface area (Å²) in [4.78, 5) is 9.56. The van der Waals surface area contributed by atoms with E-state index < -0.39 is 11.7 Å². The molecule has 322 valence electrons. The molecule has 0 fully saturated rings. The topological polar surface area (TPSA) is 59.4 Å². The van der Waals surface area contributed by atoms with Gasteiger partial charge in [0, 0.05) is 61.8 Å². The van der Waals surface area contributed by atoms with Crippen LogP contribution in [0.3, 0.4) is 0 Å². The summed E-state index contributed by atoms with van der Waals surface area (Å²) >= 11 is 0. The van der Waals surface area contributed by atoms with Crippen molar-refractivity contribution >= 4 is 43.6 Å². The molecule has 0 spiro atoms. The number of fused-ring (bicyclic) bond motifs is 6. The third-order valence-corrected chi connectivity index (χ3v) is 12.9. The molecule has 0 N–H and O–H groups in total. The van der Waals surface area contributed by atoms with Crippen LogP contribution < -0.4 is 0 Å². The number of hydrogen-bond acceptors (Lipinski definition) is 3. The Kier molecular flexibility index (Phi) is 9.59. The highest BCUT2D eigenvalue weighted by Gasteiger charge is 2.35. The van der Waals surface area contributed by atoms with E-state index >= 15 is 13.2 Å². The summed E-state index contributed by atoms with van der Waals surface area (Å²) < 4.78 is 49.8. The first kappa shape index (κ1) is 40.4. The molecular formula is C60H36F3N5. The standard InChI is InChI=1S/C60H36F3N5/c61-60(62,63)51-24-10-7-19-45(51)50-36-56(67-52-25-11-8-20-46(52)48-33-40(27-29-54(48)67)43-22-13-31-65-58(43)38-15-3-1-4-16-38)42(37-64)35-57(50)68-53-26-12-9-21-47(53)49-34-41(28-30-55(49)68)44-23-14-32-66-59(44)39-17-5-2-6-18-39/h1-36H. The van der Waals surface area contributed by atoms with Gasteiger partial charge in [-0.05, 0) is 83.4 Å². The number of halogens is 3. The molecule has 68 heavy (non-hydrogen) atoms. The lowest BCUT2D eigenvalue weighted by Crippen LogP contribution is -2.09. The molecule has 0 amide bonds. The fourth-order valence-corrected chi connectivity index (χ4v) is 9.95. The first-order valence-electron chi connectivity index (χ1n) is 22.2. The second-order valence-electron chi connectivity index (χ2n) is 16.7. The van der Waals surface area contributed by atoms with Gasteiger partial charge in [-0.25, -0.2) is 0 Å². The maximum absolute atomic E-state index is 15.3. The van der Waals surface area contributed by atoms with Gasteiger partial charge in [0.05, 0.1) is 56.0 Å². The number of nitrogens with zero attached hydrogens (tertiary/aromatic N) is 5. The molecule has 12 rings (SSSR count). The summed E-state index contributed by atoms with van der Waals surface area (Å²) in [7, 11) is 0. The molecule has 0 radical (unpaired) electrons. The molecule has 8 aromatic carbocycles. The van der Waals surface area contributed by atoms with E-state index in [0.717, 1.165) is 94.4 Å². The Balaban J connectivity index is 1.12. The monoisotopic (exact) mass is 883 g/mol. The smallest absolute Gasteiger partial charge is 0.309 e. The third kappa shape index (κ3) is 6.63. The van der Waals surface area contributed by atoms with Crippen LogP contribution in [0.15, 0.2) is 219 Å². The van der Waals surface area contributed by atoms with Crippen LogP contribution in [0.4, 0.5) is 13.2 Å². The normalized spacial score (nSPS) is 11.7. The fourth-order valence-electron chi connectivity index (χ4n) is 9.95. The molecule has 0 saturated heterocycles. The van der Waals surface area contributed by atoms with Crippen LogP contribution >= 0.6 is 0 Å². The van der Waals surface area contributed by atoms with Crippen LogP contribution in [-0.4, -0.2) is 19.1 Å². The Morgan fingerprint density at radius 2 is 0.838 bits per heavy atom. The van der Waals surface area contributed by atoms with Crippen LogP contribution in [0, 0.1) is 11.3 Å². The molecule has 5 nitrogen and oxygen atoms in total. The van der Waals surface area contributed by atoms with Crippen LogP contribution in [0.1, 0.15) is 11.1 Å². The van der Waals surface area contributed by atoms with Crippen LogP contribution in [0.5, 0.6) is 0 Å². The molecule has 0 aliphatic rings. The maximum atomic E-state index is 15.3. The summed E-state index contributed by atoms with van der Waals surface area (Å²) in [6.07, 6.45) is -1.10. The van der Waals surface area contributed by atoms with Gasteiger partial charge in [-0.15, -0.1) is 0 Å². The van der Waals surface area contributed by atoms with E-state index in [1.807, 2.05) is 155 Å². The second-order valence-corrected chi connectivity index (χ2v) is 16.7. The summed E-state index contributed by atoms with van der Waals surface area (Å²) in [5.74, 6) is 0. The molecule has 4 aromatic heterocycles. The summed E-state index contributed by atoms with van der Waals surface area (Å²) in [6.45, 7) is 0. The SMILES string of the molecule is N#Cc1cc(-n2c3ccccc3c3cc(-c4cccnc4-c4ccccc4)ccc32)c(-c2ccccc2C(F)(F)F)cc1-n1c2ccccc2c2cc(-c3cccnc3-c3ccccc3)ccc21. The Bertz CT molecular complexity index is 3970. The first-order chi connectivity index (χ1) is 33.4. The van der Waals surface area contributed by atoms with Crippen molar-refractivity contribution in [2.45, 2.75) is 6.18 Å². The van der Waals surface area contributed by atoms with Gasteiger partial charge < -0.3 is 9.13 Å². The predicted molar refractivity (Wildman–Crippen MR) is 268 cm³/mol. The van der Waals surface area contributed by atoms with Crippen LogP contribution in [0.25, 0.3) is 111 Å². The molecule has 0 unspecified atom stereocenters. The van der Waals surface area contributed by atoms with Gasteiger partial charge in [-0.3, -0.25) is 9.97 Å². The van der Waals surface area contributed by atoms with Crippen molar-refractivity contribution in [2.24, 2.45) is 0 Å². The van der Waals surface area contributed by atoms with Gasteiger partial charge in [-0.2, -0.15) is 18.4 Å². The van der Waals surface area contributed by atoms with Crippen molar-refractivity contribution in [3.05, 3.63) is 230 Å². The zero-order valence-electron chi connectivity index (χ0n) is 36.2. The largest absolute Gasteiger partial charge is 0.417 e. The number of pyridine rings is 2. The van der Waals surface area contributed by atoms with Crippen LogP contribution in [0.2, 0.25) is 0 Å². The Morgan fingerprint density at radius 3 is 1.37 bits per heavy atom. The maximum Gasteiger partial charge on any atom is 0.417 e. The lowest BCUT2D eigenvalue weighted by molar-refractivity contribution is -0.137. The van der Waals surface area contributed by atoms with Crippen LogP contribution in [-0.2, 0) is 6.18 Å². The Labute approximate surface area is 388 Å². The highest BCUT2D eigenvalue weighted by atomic mass is 19.4. The molecule has 0 bridgehead atoms. The van der Waals surface area contributed by atoms with Crippen molar-refractivity contribution in [1.29, 1.82) is 5.26 Å². The van der Waals surface area contributed by atoms with Crippen molar-refractivity contribution in [3.8, 4) is 73.3 Å². The first-order valence-corrected chi connectivity index (χ1v) is 22.2. The van der Waals surface area contributed by atoms with Gasteiger partial charge in [-0.1, -0.05) is 140 Å². The third-order valence-electron chi connectivity index (χ3n) is 12.9. The summed E-state index contributed by atoms with van der Waals surface area (Å²) in [6, 6.07) is 67.9. The average molecular weight is 884 g/mol. The minimum absolute atomic E-state index is 0.000716. The van der Waals surface area contributed by atoms with E-state index in [1.165, 1.54) is 12.1 Å². The number of nitriles is 1. The highest BCUT2D eigenvalue weighted by Crippen LogP contribution is 2.46. The number of aromatic nitrogens is 4. The molecule has 8 heteroatoms. The average Bonchev–Trinajstić information content (AvgIpc) is 3.90. The van der Waals surface area contributed by atoms with Gasteiger partial charge in [0.25, 0.3) is 0 Å². The van der Waals surface area contributed by atoms with E-state index in [4.69, 9.17) is 9.97 Å². The molecular weight excluding hydrogens is 848 g/mol. The van der Waals surface area contributed by atoms with E-state index in [9.17, 15) is 5.26 Å². The van der Waals surface area contributed by atoms with E-state index in [-0.39, 0.29) is 5.56 Å². The molecule has 4 heterocycles.